The van der Waals surface area contributed by atoms with E-state index in [1.807, 2.05) is 6.92 Å². The third kappa shape index (κ3) is 3.58. The van der Waals surface area contributed by atoms with E-state index in [9.17, 15) is 4.39 Å². The number of hydrogen-bond acceptors (Lipinski definition) is 2. The predicted molar refractivity (Wildman–Crippen MR) is 79.5 cm³/mol. The second-order valence-electron chi connectivity index (χ2n) is 4.82. The van der Waals surface area contributed by atoms with Crippen LogP contribution in [0.2, 0.25) is 5.15 Å². The van der Waals surface area contributed by atoms with Gasteiger partial charge in [-0.25, -0.2) is 9.07 Å². The quantitative estimate of drug-likeness (QED) is 0.826. The minimum Gasteiger partial charge on any atom is -0.313 e. The normalized spacial score (nSPS) is 11.0. The van der Waals surface area contributed by atoms with Gasteiger partial charge in [-0.15, -0.1) is 0 Å². The Kier molecular flexibility index (Phi) is 5.15. The molecule has 0 aliphatic heterocycles. The fraction of sp³-hybridized carbons (Fsp3) is 0.400. The van der Waals surface area contributed by atoms with Crippen molar-refractivity contribution in [1.29, 1.82) is 0 Å². The van der Waals surface area contributed by atoms with Crippen LogP contribution in [0.1, 0.15) is 30.2 Å². The van der Waals surface area contributed by atoms with Crippen LogP contribution in [0.3, 0.4) is 0 Å². The number of benzene rings is 1. The van der Waals surface area contributed by atoms with Crippen molar-refractivity contribution in [3.8, 4) is 0 Å². The molecule has 108 valence electrons. The van der Waals surface area contributed by atoms with Crippen LogP contribution in [-0.4, -0.2) is 16.3 Å². The number of hydrogen-bond donors (Lipinski definition) is 1. The summed E-state index contributed by atoms with van der Waals surface area (Å²) in [5.74, 6) is -0.235. The zero-order chi connectivity index (χ0) is 14.5. The summed E-state index contributed by atoms with van der Waals surface area (Å²) < 4.78 is 14.6. The molecule has 20 heavy (non-hydrogen) atoms. The molecule has 3 nitrogen and oxygen atoms in total. The molecule has 1 aromatic carbocycles. The molecular weight excluding hydrogens is 277 g/mol. The molecule has 0 aliphatic rings. The molecule has 1 N–H and O–H groups in total. The number of nitrogens with zero attached hydrogens (tertiary/aromatic N) is 2. The highest BCUT2D eigenvalue weighted by Crippen LogP contribution is 2.20. The van der Waals surface area contributed by atoms with Crippen molar-refractivity contribution in [2.24, 2.45) is 0 Å². The number of nitrogens with one attached hydrogen (secondary N) is 1. The van der Waals surface area contributed by atoms with Gasteiger partial charge in [-0.05, 0) is 37.6 Å². The van der Waals surface area contributed by atoms with E-state index in [4.69, 9.17) is 11.6 Å². The minimum absolute atomic E-state index is 0.235. The van der Waals surface area contributed by atoms with Crippen molar-refractivity contribution in [1.82, 2.24) is 15.1 Å². The van der Waals surface area contributed by atoms with E-state index in [0.717, 1.165) is 36.3 Å². The minimum atomic E-state index is -0.235. The Labute approximate surface area is 123 Å². The van der Waals surface area contributed by atoms with Crippen LogP contribution in [0, 0.1) is 12.7 Å². The lowest BCUT2D eigenvalue weighted by Gasteiger charge is -2.05. The van der Waals surface area contributed by atoms with Gasteiger partial charge in [0.05, 0.1) is 12.2 Å². The Morgan fingerprint density at radius 2 is 2.00 bits per heavy atom. The van der Waals surface area contributed by atoms with Crippen LogP contribution >= 0.6 is 11.6 Å². The lowest BCUT2D eigenvalue weighted by Crippen LogP contribution is -2.14. The molecule has 1 heterocycles. The molecule has 0 unspecified atom stereocenters. The summed E-state index contributed by atoms with van der Waals surface area (Å²) in [6, 6.07) is 6.39. The molecule has 2 rings (SSSR count). The maximum absolute atomic E-state index is 12.9. The Hall–Kier alpha value is -1.39. The fourth-order valence-corrected chi connectivity index (χ4v) is 2.35. The highest BCUT2D eigenvalue weighted by molar-refractivity contribution is 6.30. The van der Waals surface area contributed by atoms with Crippen molar-refractivity contribution in [2.45, 2.75) is 33.4 Å². The molecule has 2 aromatic rings. The van der Waals surface area contributed by atoms with E-state index in [-0.39, 0.29) is 5.82 Å². The van der Waals surface area contributed by atoms with Crippen LogP contribution in [0.5, 0.6) is 0 Å². The Morgan fingerprint density at radius 3 is 2.65 bits per heavy atom. The maximum Gasteiger partial charge on any atom is 0.132 e. The zero-order valence-corrected chi connectivity index (χ0v) is 12.5. The first kappa shape index (κ1) is 15.0. The van der Waals surface area contributed by atoms with E-state index in [2.05, 4.69) is 17.3 Å². The van der Waals surface area contributed by atoms with E-state index in [1.54, 1.807) is 16.8 Å². The van der Waals surface area contributed by atoms with Crippen LogP contribution in [0.25, 0.3) is 0 Å². The van der Waals surface area contributed by atoms with Gasteiger partial charge in [-0.1, -0.05) is 30.7 Å². The average molecular weight is 296 g/mol. The monoisotopic (exact) mass is 295 g/mol. The van der Waals surface area contributed by atoms with Gasteiger partial charge in [0.2, 0.25) is 0 Å². The van der Waals surface area contributed by atoms with Gasteiger partial charge >= 0.3 is 0 Å². The molecule has 0 radical (unpaired) electrons. The molecule has 0 saturated heterocycles. The van der Waals surface area contributed by atoms with Crippen LogP contribution < -0.4 is 5.32 Å². The van der Waals surface area contributed by atoms with E-state index >= 15 is 0 Å². The topological polar surface area (TPSA) is 29.9 Å². The van der Waals surface area contributed by atoms with Gasteiger partial charge in [0, 0.05) is 12.1 Å². The lowest BCUT2D eigenvalue weighted by atomic mass is 10.2. The molecule has 5 heteroatoms. The fourth-order valence-electron chi connectivity index (χ4n) is 2.05. The molecule has 0 fully saturated rings. The van der Waals surface area contributed by atoms with Gasteiger partial charge in [0.1, 0.15) is 11.0 Å². The zero-order valence-electron chi connectivity index (χ0n) is 11.8. The van der Waals surface area contributed by atoms with Gasteiger partial charge in [-0.2, -0.15) is 5.10 Å². The molecule has 0 aliphatic carbocycles. The molecule has 0 amide bonds. The molecule has 0 saturated carbocycles. The van der Waals surface area contributed by atoms with Gasteiger partial charge in [0.15, 0.2) is 0 Å². The largest absolute Gasteiger partial charge is 0.313 e. The van der Waals surface area contributed by atoms with Crippen molar-refractivity contribution in [3.63, 3.8) is 0 Å². The SMILES string of the molecule is CCCNCc1c(C)nn(Cc2ccc(F)cc2)c1Cl. The molecule has 0 bridgehead atoms. The summed E-state index contributed by atoms with van der Waals surface area (Å²) in [5, 5.41) is 8.44. The van der Waals surface area contributed by atoms with Crippen molar-refractivity contribution < 1.29 is 4.39 Å². The smallest absolute Gasteiger partial charge is 0.132 e. The molecule has 1 aromatic heterocycles. The van der Waals surface area contributed by atoms with Gasteiger partial charge < -0.3 is 5.32 Å². The van der Waals surface area contributed by atoms with Crippen LogP contribution in [0.4, 0.5) is 4.39 Å². The molecular formula is C15H19ClFN3. The number of halogens is 2. The van der Waals surface area contributed by atoms with Crippen LogP contribution in [-0.2, 0) is 13.1 Å². The van der Waals surface area contributed by atoms with Gasteiger partial charge in [-0.3, -0.25) is 0 Å². The first-order valence-electron chi connectivity index (χ1n) is 6.78. The van der Waals surface area contributed by atoms with Crippen molar-refractivity contribution >= 4 is 11.6 Å². The highest BCUT2D eigenvalue weighted by atomic mass is 35.5. The lowest BCUT2D eigenvalue weighted by molar-refractivity contribution is 0.624. The van der Waals surface area contributed by atoms with Crippen molar-refractivity contribution in [3.05, 3.63) is 52.1 Å². The predicted octanol–water partition coefficient (Wildman–Crippen LogP) is 3.53. The molecule has 0 atom stereocenters. The molecule has 0 spiro atoms. The second-order valence-corrected chi connectivity index (χ2v) is 5.17. The first-order valence-corrected chi connectivity index (χ1v) is 7.16. The van der Waals surface area contributed by atoms with E-state index < -0.39 is 0 Å². The average Bonchev–Trinajstić information content (AvgIpc) is 2.69. The highest BCUT2D eigenvalue weighted by Gasteiger charge is 2.13. The Balaban J connectivity index is 2.12. The van der Waals surface area contributed by atoms with Crippen LogP contribution in [0.15, 0.2) is 24.3 Å². The second kappa shape index (κ2) is 6.86. The summed E-state index contributed by atoms with van der Waals surface area (Å²) >= 11 is 6.38. The number of rotatable bonds is 6. The van der Waals surface area contributed by atoms with E-state index in [0.29, 0.717) is 11.7 Å². The Bertz CT molecular complexity index is 563. The summed E-state index contributed by atoms with van der Waals surface area (Å²) in [7, 11) is 0. The number of aromatic nitrogens is 2. The maximum atomic E-state index is 12.9. The Morgan fingerprint density at radius 1 is 1.30 bits per heavy atom. The standard InChI is InChI=1S/C15H19ClFN3/c1-3-8-18-9-14-11(2)19-20(15(14)16)10-12-4-6-13(17)7-5-12/h4-7,18H,3,8-10H2,1-2H3. The third-order valence-corrected chi connectivity index (χ3v) is 3.58. The van der Waals surface area contributed by atoms with E-state index in [1.165, 1.54) is 12.1 Å². The summed E-state index contributed by atoms with van der Waals surface area (Å²) in [6.07, 6.45) is 1.08. The van der Waals surface area contributed by atoms with Crippen molar-refractivity contribution in [2.75, 3.05) is 6.54 Å². The first-order chi connectivity index (χ1) is 9.61. The van der Waals surface area contributed by atoms with Gasteiger partial charge in [0.25, 0.3) is 0 Å². The summed E-state index contributed by atoms with van der Waals surface area (Å²) in [6.45, 7) is 6.31. The summed E-state index contributed by atoms with van der Waals surface area (Å²) in [4.78, 5) is 0. The number of aryl methyl sites for hydroxylation is 1. The summed E-state index contributed by atoms with van der Waals surface area (Å²) in [5.41, 5.74) is 2.94. The third-order valence-electron chi connectivity index (χ3n) is 3.16.